The van der Waals surface area contributed by atoms with Gasteiger partial charge in [0.2, 0.25) is 0 Å². The van der Waals surface area contributed by atoms with Crippen LogP contribution in [-0.2, 0) is 10.8 Å². The smallest absolute Gasteiger partial charge is 0.0549 e. The van der Waals surface area contributed by atoms with Crippen molar-refractivity contribution in [3.8, 4) is 5.69 Å². The molecule has 6 aromatic rings. The molecule has 1 N–H and O–H groups in total. The number of fused-ring (bicyclic) bond motifs is 8. The van der Waals surface area contributed by atoms with Gasteiger partial charge in [-0.3, -0.25) is 0 Å². The number of benzene rings is 4. The Bertz CT molecular complexity index is 1760. The van der Waals surface area contributed by atoms with Gasteiger partial charge in [-0.15, -0.1) is 0 Å². The van der Waals surface area contributed by atoms with Crippen LogP contribution >= 0.6 is 0 Å². The maximum atomic E-state index is 3.65. The van der Waals surface area contributed by atoms with E-state index in [-0.39, 0.29) is 10.8 Å². The third kappa shape index (κ3) is 2.51. The van der Waals surface area contributed by atoms with Gasteiger partial charge in [-0.2, -0.15) is 0 Å². The lowest BCUT2D eigenvalue weighted by atomic mass is 9.62. The van der Waals surface area contributed by atoms with Gasteiger partial charge in [0, 0.05) is 32.6 Å². The van der Waals surface area contributed by atoms with Crippen LogP contribution in [0.1, 0.15) is 51.7 Å². The fourth-order valence-electron chi connectivity index (χ4n) is 6.55. The Hall–Kier alpha value is -3.52. The fraction of sp³-hybridized carbons (Fsp3) is 0.250. The van der Waals surface area contributed by atoms with E-state index in [0.717, 1.165) is 0 Å². The Morgan fingerprint density at radius 2 is 1.35 bits per heavy atom. The van der Waals surface area contributed by atoms with Crippen molar-refractivity contribution in [1.29, 1.82) is 0 Å². The number of para-hydroxylation sites is 2. The quantitative estimate of drug-likeness (QED) is 0.263. The number of aromatic nitrogens is 2. The zero-order chi connectivity index (χ0) is 23.2. The van der Waals surface area contributed by atoms with Crippen molar-refractivity contribution in [2.45, 2.75) is 51.4 Å². The van der Waals surface area contributed by atoms with E-state index < -0.39 is 0 Å². The van der Waals surface area contributed by atoms with Gasteiger partial charge in [-0.05, 0) is 65.1 Å². The number of H-pyrrole nitrogens is 1. The van der Waals surface area contributed by atoms with Crippen molar-refractivity contribution in [2.24, 2.45) is 0 Å². The number of nitrogens with one attached hydrogen (secondary N) is 1. The molecular weight excluding hydrogens is 412 g/mol. The SMILES string of the molecule is CC1(C)CCC(C)(C)c2c(-n3c4ccccc4c4c5c(ccc43)[nH]c3ccccc35)cccc21. The second-order valence-corrected chi connectivity index (χ2v) is 11.4. The van der Waals surface area contributed by atoms with Gasteiger partial charge in [0.1, 0.15) is 0 Å². The predicted octanol–water partition coefficient (Wildman–Crippen LogP) is 8.77. The summed E-state index contributed by atoms with van der Waals surface area (Å²) in [5.41, 5.74) is 9.62. The summed E-state index contributed by atoms with van der Waals surface area (Å²) in [5.74, 6) is 0. The van der Waals surface area contributed by atoms with E-state index in [1.807, 2.05) is 0 Å². The van der Waals surface area contributed by atoms with Crippen molar-refractivity contribution in [2.75, 3.05) is 0 Å². The second kappa shape index (κ2) is 6.54. The maximum Gasteiger partial charge on any atom is 0.0549 e. The van der Waals surface area contributed by atoms with Crippen LogP contribution in [0.2, 0.25) is 0 Å². The summed E-state index contributed by atoms with van der Waals surface area (Å²) in [4.78, 5) is 3.65. The summed E-state index contributed by atoms with van der Waals surface area (Å²) in [6.45, 7) is 9.67. The van der Waals surface area contributed by atoms with E-state index in [4.69, 9.17) is 0 Å². The summed E-state index contributed by atoms with van der Waals surface area (Å²) >= 11 is 0. The van der Waals surface area contributed by atoms with Gasteiger partial charge in [0.05, 0.1) is 16.7 Å². The summed E-state index contributed by atoms with van der Waals surface area (Å²) in [7, 11) is 0. The highest BCUT2D eigenvalue weighted by molar-refractivity contribution is 6.28. The van der Waals surface area contributed by atoms with E-state index in [9.17, 15) is 0 Å². The first-order valence-corrected chi connectivity index (χ1v) is 12.4. The first-order valence-electron chi connectivity index (χ1n) is 12.4. The largest absolute Gasteiger partial charge is 0.354 e. The normalized spacial score (nSPS) is 17.1. The Balaban J connectivity index is 1.69. The molecule has 34 heavy (non-hydrogen) atoms. The van der Waals surface area contributed by atoms with Gasteiger partial charge < -0.3 is 9.55 Å². The zero-order valence-corrected chi connectivity index (χ0v) is 20.4. The molecule has 2 heteroatoms. The molecule has 1 aliphatic carbocycles. The highest BCUT2D eigenvalue weighted by atomic mass is 15.0. The monoisotopic (exact) mass is 442 g/mol. The molecule has 0 atom stereocenters. The van der Waals surface area contributed by atoms with Crippen molar-refractivity contribution < 1.29 is 0 Å². The predicted molar refractivity (Wildman–Crippen MR) is 145 cm³/mol. The Morgan fingerprint density at radius 3 is 2.21 bits per heavy atom. The average Bonchev–Trinajstić information content (AvgIpc) is 3.37. The Labute approximate surface area is 200 Å². The van der Waals surface area contributed by atoms with Crippen molar-refractivity contribution in [3.05, 3.63) is 90.0 Å². The molecule has 0 aliphatic heterocycles. The molecule has 4 aromatic carbocycles. The zero-order valence-electron chi connectivity index (χ0n) is 20.4. The van der Waals surface area contributed by atoms with Crippen LogP contribution in [0.25, 0.3) is 49.3 Å². The number of hydrogen-bond donors (Lipinski definition) is 1. The van der Waals surface area contributed by atoms with Crippen LogP contribution in [-0.4, -0.2) is 9.55 Å². The number of nitrogens with zero attached hydrogens (tertiary/aromatic N) is 1. The molecule has 0 spiro atoms. The summed E-state index contributed by atoms with van der Waals surface area (Å²) in [5, 5.41) is 5.28. The lowest BCUT2D eigenvalue weighted by Crippen LogP contribution is -2.35. The van der Waals surface area contributed by atoms with E-state index in [2.05, 4.69) is 116 Å². The third-order valence-corrected chi connectivity index (χ3v) is 8.37. The van der Waals surface area contributed by atoms with E-state index in [0.29, 0.717) is 0 Å². The van der Waals surface area contributed by atoms with Crippen LogP contribution in [0.4, 0.5) is 0 Å². The molecule has 0 bridgehead atoms. The van der Waals surface area contributed by atoms with Crippen LogP contribution < -0.4 is 0 Å². The summed E-state index contributed by atoms with van der Waals surface area (Å²) < 4.78 is 2.54. The van der Waals surface area contributed by atoms with Crippen LogP contribution in [0, 0.1) is 0 Å². The molecule has 2 aromatic heterocycles. The Morgan fingerprint density at radius 1 is 0.618 bits per heavy atom. The second-order valence-electron chi connectivity index (χ2n) is 11.4. The van der Waals surface area contributed by atoms with Crippen LogP contribution in [0.15, 0.2) is 78.9 Å². The van der Waals surface area contributed by atoms with Gasteiger partial charge in [-0.25, -0.2) is 0 Å². The lowest BCUT2D eigenvalue weighted by Gasteiger charge is -2.43. The molecule has 0 amide bonds. The summed E-state index contributed by atoms with van der Waals surface area (Å²) in [6.07, 6.45) is 2.42. The highest BCUT2D eigenvalue weighted by Gasteiger charge is 2.39. The number of rotatable bonds is 1. The minimum absolute atomic E-state index is 0.129. The Kier molecular flexibility index (Phi) is 3.83. The maximum absolute atomic E-state index is 3.65. The first kappa shape index (κ1) is 19.9. The molecule has 168 valence electrons. The highest BCUT2D eigenvalue weighted by Crippen LogP contribution is 2.49. The topological polar surface area (TPSA) is 20.7 Å². The van der Waals surface area contributed by atoms with Gasteiger partial charge in [0.15, 0.2) is 0 Å². The van der Waals surface area contributed by atoms with Gasteiger partial charge in [0.25, 0.3) is 0 Å². The average molecular weight is 443 g/mol. The van der Waals surface area contributed by atoms with E-state index >= 15 is 0 Å². The summed E-state index contributed by atoms with van der Waals surface area (Å²) in [6, 6.07) is 29.2. The molecule has 0 unspecified atom stereocenters. The molecule has 0 saturated carbocycles. The van der Waals surface area contributed by atoms with Crippen molar-refractivity contribution in [1.82, 2.24) is 9.55 Å². The van der Waals surface area contributed by atoms with Crippen LogP contribution in [0.3, 0.4) is 0 Å². The number of aromatic amines is 1. The third-order valence-electron chi connectivity index (χ3n) is 8.37. The minimum Gasteiger partial charge on any atom is -0.354 e. The van der Waals surface area contributed by atoms with E-state index in [1.165, 1.54) is 73.3 Å². The van der Waals surface area contributed by atoms with Crippen molar-refractivity contribution in [3.63, 3.8) is 0 Å². The molecule has 2 heterocycles. The fourth-order valence-corrected chi connectivity index (χ4v) is 6.55. The van der Waals surface area contributed by atoms with E-state index in [1.54, 1.807) is 0 Å². The molecule has 0 radical (unpaired) electrons. The molecular formula is C32H30N2. The molecule has 7 rings (SSSR count). The standard InChI is InChI=1S/C32H30N2/c1-31(2)18-19-32(3,4)30-22(31)12-9-15-27(30)34-25-14-8-6-11-21(25)29-26(34)17-16-24-28(29)20-10-5-7-13-23(20)33-24/h5-17,33H,18-19H2,1-4H3. The first-order chi connectivity index (χ1) is 16.4. The lowest BCUT2D eigenvalue weighted by molar-refractivity contribution is 0.331. The van der Waals surface area contributed by atoms with Gasteiger partial charge in [-0.1, -0.05) is 76.2 Å². The molecule has 1 aliphatic rings. The number of hydrogen-bond acceptors (Lipinski definition) is 0. The van der Waals surface area contributed by atoms with Crippen molar-refractivity contribution >= 4 is 43.6 Å². The van der Waals surface area contributed by atoms with Crippen LogP contribution in [0.5, 0.6) is 0 Å². The molecule has 2 nitrogen and oxygen atoms in total. The van der Waals surface area contributed by atoms with Gasteiger partial charge >= 0.3 is 0 Å². The minimum atomic E-state index is 0.129. The molecule has 0 fully saturated rings. The molecule has 0 saturated heterocycles.